The third-order valence-electron chi connectivity index (χ3n) is 8.81. The van der Waals surface area contributed by atoms with E-state index in [-0.39, 0.29) is 31.0 Å². The fourth-order valence-electron chi connectivity index (χ4n) is 6.81. The zero-order valence-electron chi connectivity index (χ0n) is 22.6. The van der Waals surface area contributed by atoms with Gasteiger partial charge in [-0.15, -0.1) is 0 Å². The van der Waals surface area contributed by atoms with Crippen LogP contribution in [0.2, 0.25) is 0 Å². The molecule has 5 aliphatic rings. The number of cyclic esters (lactones) is 1. The van der Waals surface area contributed by atoms with Crippen LogP contribution in [-0.4, -0.2) is 77.9 Å². The number of halogens is 2. The molecule has 3 amide bonds. The van der Waals surface area contributed by atoms with Gasteiger partial charge in [0.2, 0.25) is 11.8 Å². The van der Waals surface area contributed by atoms with E-state index < -0.39 is 60.1 Å². The number of aromatic nitrogens is 1. The number of carbonyl (C=O) groups excluding carboxylic acids is 4. The zero-order valence-corrected chi connectivity index (χ0v) is 22.6. The lowest BCUT2D eigenvalue weighted by Crippen LogP contribution is -2.68. The summed E-state index contributed by atoms with van der Waals surface area (Å²) in [5.74, 6) is -6.28. The van der Waals surface area contributed by atoms with Crippen LogP contribution in [0.5, 0.6) is 5.75 Å². The zero-order chi connectivity index (χ0) is 28.9. The van der Waals surface area contributed by atoms with Gasteiger partial charge in [0.05, 0.1) is 19.6 Å². The van der Waals surface area contributed by atoms with Crippen LogP contribution in [0.4, 0.5) is 8.78 Å². The number of methoxy groups -OCH3 is 1. The van der Waals surface area contributed by atoms with Crippen LogP contribution in [0.15, 0.2) is 35.9 Å². The number of hydrogen-bond donors (Lipinski definition) is 3. The van der Waals surface area contributed by atoms with Crippen molar-refractivity contribution in [2.45, 2.75) is 62.6 Å². The number of amides is 3. The SMILES string of the molecule is COc1cccc2[nH]c(C(=O)N3[C@H]4CC[C@@H]([C@H]3C(=O)N[C@H](/C=C3\CCOC3=O)C[C@H]3CCNC3=O)C(F)(F)C4)cc12. The number of hydrogen-bond acceptors (Lipinski definition) is 6. The van der Waals surface area contributed by atoms with Gasteiger partial charge >= 0.3 is 5.97 Å². The van der Waals surface area contributed by atoms with E-state index in [0.717, 1.165) is 0 Å². The molecule has 12 heteroatoms. The second kappa shape index (κ2) is 10.5. The van der Waals surface area contributed by atoms with Gasteiger partial charge in [-0.3, -0.25) is 14.4 Å². The van der Waals surface area contributed by atoms with Crippen molar-refractivity contribution in [2.24, 2.45) is 11.8 Å². The van der Waals surface area contributed by atoms with Crippen molar-refractivity contribution in [1.29, 1.82) is 0 Å². The van der Waals surface area contributed by atoms with Crippen molar-refractivity contribution in [3.63, 3.8) is 0 Å². The molecular formula is C29H32F2N4O6. The van der Waals surface area contributed by atoms with Crippen LogP contribution >= 0.6 is 0 Å². The normalized spacial score (nSPS) is 28.6. The number of H-pyrrole nitrogens is 1. The Morgan fingerprint density at radius 3 is 2.78 bits per heavy atom. The summed E-state index contributed by atoms with van der Waals surface area (Å²) in [4.78, 5) is 56.6. The number of fused-ring (bicyclic) bond motifs is 4. The van der Waals surface area contributed by atoms with Gasteiger partial charge < -0.3 is 30.0 Å². The van der Waals surface area contributed by atoms with E-state index in [1.165, 1.54) is 12.0 Å². The number of carbonyl (C=O) groups is 4. The van der Waals surface area contributed by atoms with Gasteiger partial charge in [-0.1, -0.05) is 12.1 Å². The van der Waals surface area contributed by atoms with Crippen molar-refractivity contribution in [2.75, 3.05) is 20.3 Å². The Hall–Kier alpha value is -3.96. The van der Waals surface area contributed by atoms with Crippen LogP contribution in [0.3, 0.4) is 0 Å². The molecule has 5 atom stereocenters. The van der Waals surface area contributed by atoms with E-state index in [1.807, 2.05) is 0 Å². The fourth-order valence-corrected chi connectivity index (χ4v) is 6.81. The van der Waals surface area contributed by atoms with Crippen molar-refractivity contribution in [3.8, 4) is 5.75 Å². The average molecular weight is 571 g/mol. The third kappa shape index (κ3) is 4.93. The summed E-state index contributed by atoms with van der Waals surface area (Å²) >= 11 is 0. The Morgan fingerprint density at radius 1 is 1.27 bits per heavy atom. The molecule has 4 aliphatic heterocycles. The smallest absolute Gasteiger partial charge is 0.333 e. The molecule has 1 aromatic heterocycles. The summed E-state index contributed by atoms with van der Waals surface area (Å²) in [6.45, 7) is 0.713. The number of piperidine rings is 2. The molecule has 5 fully saturated rings. The van der Waals surface area contributed by atoms with Crippen molar-refractivity contribution < 1.29 is 37.4 Å². The summed E-state index contributed by atoms with van der Waals surface area (Å²) in [6.07, 6.45) is 2.61. The largest absolute Gasteiger partial charge is 0.496 e. The van der Waals surface area contributed by atoms with Gasteiger partial charge in [-0.25, -0.2) is 13.6 Å². The van der Waals surface area contributed by atoms with Gasteiger partial charge in [0, 0.05) is 53.9 Å². The monoisotopic (exact) mass is 570 g/mol. The topological polar surface area (TPSA) is 130 Å². The minimum Gasteiger partial charge on any atom is -0.496 e. The number of ether oxygens (including phenoxy) is 2. The molecule has 10 nitrogen and oxygen atoms in total. The lowest BCUT2D eigenvalue weighted by Gasteiger charge is -2.53. The minimum absolute atomic E-state index is 0.100. The van der Waals surface area contributed by atoms with E-state index in [4.69, 9.17) is 9.47 Å². The molecule has 4 saturated heterocycles. The van der Waals surface area contributed by atoms with Crippen molar-refractivity contribution in [1.82, 2.24) is 20.5 Å². The van der Waals surface area contributed by atoms with E-state index in [2.05, 4.69) is 15.6 Å². The average Bonchev–Trinajstić information content (AvgIpc) is 3.67. The molecular weight excluding hydrogens is 538 g/mol. The number of esters is 1. The number of rotatable bonds is 7. The van der Waals surface area contributed by atoms with Crippen molar-refractivity contribution in [3.05, 3.63) is 41.6 Å². The molecule has 7 rings (SSSR count). The van der Waals surface area contributed by atoms with E-state index >= 15 is 8.78 Å². The first kappa shape index (κ1) is 27.2. The Balaban J connectivity index is 1.32. The maximum Gasteiger partial charge on any atom is 0.333 e. The molecule has 2 aromatic rings. The van der Waals surface area contributed by atoms with E-state index in [0.29, 0.717) is 48.0 Å². The van der Waals surface area contributed by atoms with E-state index in [9.17, 15) is 19.2 Å². The van der Waals surface area contributed by atoms with Crippen LogP contribution in [0.1, 0.15) is 49.0 Å². The number of benzene rings is 1. The Kier molecular flexibility index (Phi) is 6.95. The van der Waals surface area contributed by atoms with Gasteiger partial charge in [0.25, 0.3) is 11.8 Å². The second-order valence-corrected chi connectivity index (χ2v) is 11.3. The highest BCUT2D eigenvalue weighted by Gasteiger charge is 2.60. The van der Waals surface area contributed by atoms with Crippen LogP contribution in [0.25, 0.3) is 10.9 Å². The molecule has 2 bridgehead atoms. The molecule has 1 saturated carbocycles. The minimum atomic E-state index is -3.13. The Morgan fingerprint density at radius 2 is 2.10 bits per heavy atom. The molecule has 3 N–H and O–H groups in total. The second-order valence-electron chi connectivity index (χ2n) is 11.3. The van der Waals surface area contributed by atoms with Crippen LogP contribution in [-0.2, 0) is 19.1 Å². The maximum atomic E-state index is 15.2. The first-order valence-electron chi connectivity index (χ1n) is 14.0. The third-order valence-corrected chi connectivity index (χ3v) is 8.81. The number of nitrogens with zero attached hydrogens (tertiary/aromatic N) is 1. The van der Waals surface area contributed by atoms with Crippen molar-refractivity contribution >= 4 is 34.6 Å². The van der Waals surface area contributed by atoms with Crippen LogP contribution < -0.4 is 15.4 Å². The summed E-state index contributed by atoms with van der Waals surface area (Å²) in [6, 6.07) is 3.89. The highest BCUT2D eigenvalue weighted by molar-refractivity contribution is 6.02. The highest BCUT2D eigenvalue weighted by atomic mass is 19.3. The predicted molar refractivity (Wildman–Crippen MR) is 142 cm³/mol. The summed E-state index contributed by atoms with van der Waals surface area (Å²) in [7, 11) is 1.52. The quantitative estimate of drug-likeness (QED) is 0.347. The molecule has 1 aromatic carbocycles. The molecule has 41 heavy (non-hydrogen) atoms. The first-order chi connectivity index (χ1) is 19.7. The Bertz CT molecular complexity index is 1440. The standard InChI is InChI=1S/C29H32F2N4O6/c1-40-23-4-2-3-21-19(23)13-22(34-21)27(38)35-18-5-6-20(29(30,31)14-18)24(35)26(37)33-17(11-15-7-9-32-25(15)36)12-16-8-10-41-28(16)39/h2-4,12-13,15,17-18,20,24,34H,5-11,14H2,1H3,(H,32,36)(H,33,37)/b16-12+/t15-,17+,18+,20+,24+/m1/s1. The molecule has 5 heterocycles. The van der Waals surface area contributed by atoms with Gasteiger partial charge in [-0.05, 0) is 43.9 Å². The first-order valence-corrected chi connectivity index (χ1v) is 14.0. The number of alkyl halides is 2. The summed E-state index contributed by atoms with van der Waals surface area (Å²) in [5, 5.41) is 6.25. The fraction of sp³-hybridized carbons (Fsp3) is 0.517. The lowest BCUT2D eigenvalue weighted by atomic mass is 9.71. The lowest BCUT2D eigenvalue weighted by molar-refractivity contribution is -0.179. The molecule has 0 unspecified atom stereocenters. The van der Waals surface area contributed by atoms with E-state index in [1.54, 1.807) is 30.3 Å². The van der Waals surface area contributed by atoms with Crippen LogP contribution in [0, 0.1) is 11.8 Å². The maximum absolute atomic E-state index is 15.2. The van der Waals surface area contributed by atoms with Gasteiger partial charge in [-0.2, -0.15) is 0 Å². The number of aromatic amines is 1. The summed E-state index contributed by atoms with van der Waals surface area (Å²) in [5.41, 5.74) is 1.18. The molecule has 0 radical (unpaired) electrons. The predicted octanol–water partition coefficient (Wildman–Crippen LogP) is 2.69. The van der Waals surface area contributed by atoms with Gasteiger partial charge in [0.1, 0.15) is 17.5 Å². The molecule has 0 spiro atoms. The molecule has 218 valence electrons. The van der Waals surface area contributed by atoms with Gasteiger partial charge in [0.15, 0.2) is 0 Å². The highest BCUT2D eigenvalue weighted by Crippen LogP contribution is 2.49. The Labute approximate surface area is 234 Å². The molecule has 1 aliphatic carbocycles. The summed E-state index contributed by atoms with van der Waals surface area (Å²) < 4.78 is 40.9. The number of nitrogens with one attached hydrogen (secondary N) is 3.